The third-order valence-electron chi connectivity index (χ3n) is 4.33. The Morgan fingerprint density at radius 3 is 1.05 bits per heavy atom. The summed E-state index contributed by atoms with van der Waals surface area (Å²) in [7, 11) is -7.33. The molecule has 0 amide bonds. The highest BCUT2D eigenvalue weighted by Gasteiger charge is 2.63. The van der Waals surface area contributed by atoms with Crippen molar-refractivity contribution in [3.05, 3.63) is 0 Å². The summed E-state index contributed by atoms with van der Waals surface area (Å²) in [6.45, 7) is 22.2. The standard InChI is InChI=1S/C16H37F2NOSi2/c1-13(2,3)21(17,14(4,5)6)19-20-22(18,15(7,8)9)16(10,11)12/h19H,1-12H3. The molecule has 0 unspecified atom stereocenters. The number of rotatable bonds is 3. The zero-order valence-electron chi connectivity index (χ0n) is 16.7. The van der Waals surface area contributed by atoms with Crippen molar-refractivity contribution in [2.45, 2.75) is 103 Å². The SMILES string of the molecule is CC(C)(C)[Si](F)(NO[Si](F)(C(C)(C)C)C(C)(C)C)C(C)(C)C. The maximum Gasteiger partial charge on any atom is 0.410 e. The van der Waals surface area contributed by atoms with E-state index in [-0.39, 0.29) is 0 Å². The lowest BCUT2D eigenvalue weighted by molar-refractivity contribution is 0.154. The second kappa shape index (κ2) is 5.94. The number of halogens is 2. The molecule has 0 aromatic rings. The highest BCUT2D eigenvalue weighted by molar-refractivity contribution is 6.78. The van der Waals surface area contributed by atoms with Gasteiger partial charge in [0.2, 0.25) is 0 Å². The molecule has 0 bridgehead atoms. The lowest BCUT2D eigenvalue weighted by atomic mass is 10.2. The van der Waals surface area contributed by atoms with Crippen molar-refractivity contribution >= 4 is 17.2 Å². The molecule has 0 aliphatic heterocycles. The van der Waals surface area contributed by atoms with Gasteiger partial charge >= 0.3 is 17.2 Å². The second-order valence-electron chi connectivity index (χ2n) is 10.5. The van der Waals surface area contributed by atoms with Crippen LogP contribution in [0.1, 0.15) is 83.1 Å². The van der Waals surface area contributed by atoms with Gasteiger partial charge in [0, 0.05) is 20.2 Å². The summed E-state index contributed by atoms with van der Waals surface area (Å²) in [5.41, 5.74) is 0. The first-order valence-corrected chi connectivity index (χ1v) is 11.7. The van der Waals surface area contributed by atoms with Crippen LogP contribution in [0.2, 0.25) is 20.2 Å². The molecule has 134 valence electrons. The van der Waals surface area contributed by atoms with Crippen LogP contribution in [-0.2, 0) is 4.53 Å². The Balaban J connectivity index is 5.72. The van der Waals surface area contributed by atoms with E-state index in [1.165, 1.54) is 0 Å². The Labute approximate surface area is 138 Å². The second-order valence-corrected chi connectivity index (χ2v) is 19.4. The average Bonchev–Trinajstić information content (AvgIpc) is 2.18. The van der Waals surface area contributed by atoms with Crippen molar-refractivity contribution < 1.29 is 12.7 Å². The minimum atomic E-state index is -3.74. The van der Waals surface area contributed by atoms with E-state index in [4.69, 9.17) is 4.53 Å². The van der Waals surface area contributed by atoms with Crippen LogP contribution in [0.4, 0.5) is 8.22 Å². The molecule has 0 saturated heterocycles. The molecule has 0 aromatic heterocycles. The third kappa shape index (κ3) is 4.00. The molecule has 0 aliphatic carbocycles. The maximum atomic E-state index is 15.9. The molecule has 0 atom stereocenters. The fourth-order valence-electron chi connectivity index (χ4n) is 3.00. The average molecular weight is 354 g/mol. The predicted octanol–water partition coefficient (Wildman–Crippen LogP) is 6.53. The fourth-order valence-corrected chi connectivity index (χ4v) is 9.85. The fraction of sp³-hybridized carbons (Fsp3) is 1.00. The highest BCUT2D eigenvalue weighted by Crippen LogP contribution is 2.54. The molecule has 0 aliphatic rings. The van der Waals surface area contributed by atoms with E-state index in [0.29, 0.717) is 0 Å². The number of hydrogen-bond donors (Lipinski definition) is 1. The van der Waals surface area contributed by atoms with Crippen LogP contribution >= 0.6 is 0 Å². The van der Waals surface area contributed by atoms with Crippen molar-refractivity contribution in [3.8, 4) is 0 Å². The monoisotopic (exact) mass is 353 g/mol. The van der Waals surface area contributed by atoms with Gasteiger partial charge in [0.1, 0.15) is 0 Å². The van der Waals surface area contributed by atoms with Crippen LogP contribution in [0.25, 0.3) is 0 Å². The van der Waals surface area contributed by atoms with Crippen molar-refractivity contribution in [3.63, 3.8) is 0 Å². The summed E-state index contributed by atoms with van der Waals surface area (Å²) in [5, 5.41) is 0.188. The van der Waals surface area contributed by atoms with E-state index in [0.717, 1.165) is 0 Å². The summed E-state index contributed by atoms with van der Waals surface area (Å²) in [6, 6.07) is 0. The van der Waals surface area contributed by atoms with Gasteiger partial charge in [-0.2, -0.15) is 0 Å². The zero-order chi connectivity index (χ0) is 18.4. The van der Waals surface area contributed by atoms with Crippen LogP contribution < -0.4 is 5.15 Å². The summed E-state index contributed by atoms with van der Waals surface area (Å²) >= 11 is 0. The highest BCUT2D eigenvalue weighted by atomic mass is 28.4. The van der Waals surface area contributed by atoms with Gasteiger partial charge in [-0.3, -0.25) is 8.22 Å². The summed E-state index contributed by atoms with van der Waals surface area (Å²) in [5.74, 6) is 0. The zero-order valence-corrected chi connectivity index (χ0v) is 18.7. The third-order valence-corrected chi connectivity index (χ3v) is 13.3. The largest absolute Gasteiger partial charge is 0.410 e. The molecule has 0 fully saturated rings. The van der Waals surface area contributed by atoms with Gasteiger partial charge in [0.05, 0.1) is 0 Å². The van der Waals surface area contributed by atoms with Crippen molar-refractivity contribution in [2.24, 2.45) is 0 Å². The van der Waals surface area contributed by atoms with Crippen LogP contribution in [0, 0.1) is 0 Å². The van der Waals surface area contributed by atoms with Gasteiger partial charge in [-0.25, -0.2) is 5.15 Å². The molecular formula is C16H37F2NOSi2. The number of nitrogens with one attached hydrogen (secondary N) is 1. The van der Waals surface area contributed by atoms with Crippen molar-refractivity contribution in [1.29, 1.82) is 0 Å². The van der Waals surface area contributed by atoms with E-state index < -0.39 is 37.4 Å². The van der Waals surface area contributed by atoms with E-state index >= 15 is 8.22 Å². The molecule has 0 rings (SSSR count). The first-order chi connectivity index (χ1) is 9.21. The van der Waals surface area contributed by atoms with Crippen LogP contribution in [-0.4, -0.2) is 17.2 Å². The first kappa shape index (κ1) is 22.2. The molecule has 0 heterocycles. The minimum Gasteiger partial charge on any atom is -0.311 e. The van der Waals surface area contributed by atoms with Crippen LogP contribution in [0.15, 0.2) is 0 Å². The summed E-state index contributed by atoms with van der Waals surface area (Å²) in [4.78, 5) is 0. The van der Waals surface area contributed by atoms with E-state index in [2.05, 4.69) is 5.15 Å². The predicted molar refractivity (Wildman–Crippen MR) is 96.8 cm³/mol. The Bertz CT molecular complexity index is 321. The molecule has 0 spiro atoms. The molecular weight excluding hydrogens is 316 g/mol. The molecule has 1 N–H and O–H groups in total. The smallest absolute Gasteiger partial charge is 0.311 e. The molecule has 22 heavy (non-hydrogen) atoms. The topological polar surface area (TPSA) is 21.3 Å². The van der Waals surface area contributed by atoms with Gasteiger partial charge in [0.25, 0.3) is 0 Å². The minimum absolute atomic E-state index is 0.601. The van der Waals surface area contributed by atoms with E-state index in [9.17, 15) is 0 Å². The van der Waals surface area contributed by atoms with Gasteiger partial charge in [0.15, 0.2) is 0 Å². The summed E-state index contributed by atoms with van der Waals surface area (Å²) < 4.78 is 37.4. The Morgan fingerprint density at radius 1 is 0.591 bits per heavy atom. The maximum absolute atomic E-state index is 15.9. The van der Waals surface area contributed by atoms with Crippen LogP contribution in [0.3, 0.4) is 0 Å². The Morgan fingerprint density at radius 2 is 0.864 bits per heavy atom. The first-order valence-electron chi connectivity index (χ1n) is 8.04. The number of hydrogen-bond acceptors (Lipinski definition) is 2. The van der Waals surface area contributed by atoms with E-state index in [1.54, 1.807) is 0 Å². The van der Waals surface area contributed by atoms with Crippen molar-refractivity contribution in [2.75, 3.05) is 0 Å². The molecule has 0 saturated carbocycles. The summed E-state index contributed by atoms with van der Waals surface area (Å²) in [6.07, 6.45) is 0. The van der Waals surface area contributed by atoms with E-state index in [1.807, 2.05) is 83.1 Å². The normalized spacial score (nSPS) is 16.1. The van der Waals surface area contributed by atoms with Gasteiger partial charge in [-0.15, -0.1) is 0 Å². The quantitative estimate of drug-likeness (QED) is 0.354. The lowest BCUT2D eigenvalue weighted by Crippen LogP contribution is -2.65. The lowest BCUT2D eigenvalue weighted by Gasteiger charge is -2.48. The Kier molecular flexibility index (Phi) is 5.99. The van der Waals surface area contributed by atoms with Crippen LogP contribution in [0.5, 0.6) is 0 Å². The van der Waals surface area contributed by atoms with Gasteiger partial charge < -0.3 is 4.53 Å². The molecule has 0 aromatic carbocycles. The molecule has 0 radical (unpaired) electrons. The van der Waals surface area contributed by atoms with Crippen molar-refractivity contribution in [1.82, 2.24) is 5.15 Å². The molecule has 2 nitrogen and oxygen atoms in total. The molecule has 6 heteroatoms. The Hall–Kier alpha value is 0.214. The van der Waals surface area contributed by atoms with Gasteiger partial charge in [-0.1, -0.05) is 83.1 Å². The van der Waals surface area contributed by atoms with Gasteiger partial charge in [-0.05, 0) is 0 Å².